The Morgan fingerprint density at radius 2 is 2.03 bits per heavy atom. The first kappa shape index (κ1) is 19.4. The summed E-state index contributed by atoms with van der Waals surface area (Å²) in [6.07, 6.45) is 1.89. The van der Waals surface area contributed by atoms with E-state index < -0.39 is 6.04 Å². The Labute approximate surface area is 183 Å². The summed E-state index contributed by atoms with van der Waals surface area (Å²) in [6, 6.07) is 11.9. The molecule has 0 radical (unpaired) electrons. The topological polar surface area (TPSA) is 78.5 Å². The molecular weight excluding hydrogens is 425 g/mol. The molecule has 8 heteroatoms. The molecule has 2 unspecified atom stereocenters. The smallest absolute Gasteiger partial charge is 0.273 e. The van der Waals surface area contributed by atoms with E-state index in [1.807, 2.05) is 12.1 Å². The van der Waals surface area contributed by atoms with E-state index in [4.69, 9.17) is 27.9 Å². The number of phenolic OH excluding ortho intramolecular Hbond substituents is 1. The van der Waals surface area contributed by atoms with Crippen molar-refractivity contribution in [2.24, 2.45) is 0 Å². The van der Waals surface area contributed by atoms with Gasteiger partial charge < -0.3 is 14.7 Å². The van der Waals surface area contributed by atoms with Crippen LogP contribution in [0.3, 0.4) is 0 Å². The van der Waals surface area contributed by atoms with Gasteiger partial charge in [-0.2, -0.15) is 5.10 Å². The highest BCUT2D eigenvalue weighted by atomic mass is 35.5. The van der Waals surface area contributed by atoms with E-state index in [-0.39, 0.29) is 17.8 Å². The van der Waals surface area contributed by atoms with Crippen molar-refractivity contribution in [3.8, 4) is 17.0 Å². The molecule has 2 aromatic carbocycles. The average molecular weight is 444 g/mol. The van der Waals surface area contributed by atoms with Crippen molar-refractivity contribution in [1.29, 1.82) is 0 Å². The average Bonchev–Trinajstić information content (AvgIpc) is 3.45. The molecule has 1 saturated heterocycles. The molecule has 154 valence electrons. The summed E-state index contributed by atoms with van der Waals surface area (Å²) in [4.78, 5) is 15.1. The molecule has 2 aliphatic rings. The van der Waals surface area contributed by atoms with Crippen LogP contribution in [-0.4, -0.2) is 45.4 Å². The van der Waals surface area contributed by atoms with Gasteiger partial charge in [-0.1, -0.05) is 41.4 Å². The molecule has 3 heterocycles. The van der Waals surface area contributed by atoms with Gasteiger partial charge in [-0.15, -0.1) is 0 Å². The van der Waals surface area contributed by atoms with Gasteiger partial charge in [0.1, 0.15) is 17.1 Å². The van der Waals surface area contributed by atoms with Gasteiger partial charge in [-0.25, -0.2) is 0 Å². The monoisotopic (exact) mass is 443 g/mol. The number of H-pyrrole nitrogens is 1. The standard InChI is InChI=1S/C22H19Cl2N3O3/c23-15-8-7-12(10-16(15)24)21-18-19(14-5-1-2-6-17(14)28)25-26-20(18)22(29)27(21)11-13-4-3-9-30-13/h1-2,5-8,10,13,21,28H,3-4,9,11H2,(H,25,26). The Kier molecular flexibility index (Phi) is 4.93. The van der Waals surface area contributed by atoms with Gasteiger partial charge in [0.2, 0.25) is 0 Å². The second kappa shape index (κ2) is 7.61. The fourth-order valence-electron chi connectivity index (χ4n) is 4.30. The highest BCUT2D eigenvalue weighted by Crippen LogP contribution is 2.45. The normalized spacial score (nSPS) is 20.7. The molecule has 0 saturated carbocycles. The SMILES string of the molecule is O=C1c2[nH]nc(-c3ccccc3O)c2C(c2ccc(Cl)c(Cl)c2)N1CC1CCCO1. The number of benzene rings is 2. The molecule has 3 aromatic rings. The number of fused-ring (bicyclic) bond motifs is 1. The quantitative estimate of drug-likeness (QED) is 0.605. The molecule has 6 nitrogen and oxygen atoms in total. The number of nitrogens with one attached hydrogen (secondary N) is 1. The Bertz CT molecular complexity index is 1120. The number of aromatic hydroxyl groups is 1. The molecule has 2 aliphatic heterocycles. The molecular formula is C22H19Cl2N3O3. The summed E-state index contributed by atoms with van der Waals surface area (Å²) < 4.78 is 5.79. The van der Waals surface area contributed by atoms with Gasteiger partial charge in [0.15, 0.2) is 0 Å². The van der Waals surface area contributed by atoms with Crippen LogP contribution in [0.2, 0.25) is 10.0 Å². The first-order valence-corrected chi connectivity index (χ1v) is 10.5. The van der Waals surface area contributed by atoms with E-state index in [2.05, 4.69) is 10.2 Å². The summed E-state index contributed by atoms with van der Waals surface area (Å²) in [6.45, 7) is 1.17. The molecule has 0 aliphatic carbocycles. The van der Waals surface area contributed by atoms with Crippen molar-refractivity contribution in [2.45, 2.75) is 25.0 Å². The Morgan fingerprint density at radius 1 is 1.20 bits per heavy atom. The maximum absolute atomic E-state index is 13.3. The lowest BCUT2D eigenvalue weighted by Crippen LogP contribution is -2.36. The van der Waals surface area contributed by atoms with Crippen molar-refractivity contribution >= 4 is 29.1 Å². The van der Waals surface area contributed by atoms with Gasteiger partial charge in [0, 0.05) is 24.3 Å². The second-order valence-electron chi connectivity index (χ2n) is 7.55. The fraction of sp³-hybridized carbons (Fsp3) is 0.273. The highest BCUT2D eigenvalue weighted by Gasteiger charge is 2.43. The number of hydrogen-bond acceptors (Lipinski definition) is 4. The van der Waals surface area contributed by atoms with Gasteiger partial charge in [-0.3, -0.25) is 9.89 Å². The molecule has 1 aromatic heterocycles. The van der Waals surface area contributed by atoms with Crippen LogP contribution < -0.4 is 0 Å². The van der Waals surface area contributed by atoms with Gasteiger partial charge in [0.25, 0.3) is 5.91 Å². The molecule has 5 rings (SSSR count). The Hall–Kier alpha value is -2.54. The van der Waals surface area contributed by atoms with Crippen LogP contribution in [-0.2, 0) is 4.74 Å². The number of nitrogens with zero attached hydrogens (tertiary/aromatic N) is 2. The molecule has 2 atom stereocenters. The van der Waals surface area contributed by atoms with Crippen molar-refractivity contribution in [1.82, 2.24) is 15.1 Å². The molecule has 0 bridgehead atoms. The van der Waals surface area contributed by atoms with Crippen LogP contribution in [0.15, 0.2) is 42.5 Å². The minimum atomic E-state index is -0.417. The third-order valence-electron chi connectivity index (χ3n) is 5.71. The lowest BCUT2D eigenvalue weighted by Gasteiger charge is -2.28. The largest absolute Gasteiger partial charge is 0.507 e. The number of carbonyl (C=O) groups excluding carboxylic acids is 1. The number of rotatable bonds is 4. The van der Waals surface area contributed by atoms with E-state index in [0.717, 1.165) is 24.0 Å². The lowest BCUT2D eigenvalue weighted by atomic mass is 9.95. The third-order valence-corrected chi connectivity index (χ3v) is 6.45. The predicted molar refractivity (Wildman–Crippen MR) is 114 cm³/mol. The first-order valence-electron chi connectivity index (χ1n) is 9.78. The molecule has 1 amide bonds. The number of aromatic amines is 1. The number of aromatic nitrogens is 2. The molecule has 2 N–H and O–H groups in total. The van der Waals surface area contributed by atoms with Crippen LogP contribution in [0.4, 0.5) is 0 Å². The first-order chi connectivity index (χ1) is 14.5. The van der Waals surface area contributed by atoms with Gasteiger partial charge >= 0.3 is 0 Å². The fourth-order valence-corrected chi connectivity index (χ4v) is 4.61. The minimum absolute atomic E-state index is 0.00948. The van der Waals surface area contributed by atoms with E-state index >= 15 is 0 Å². The molecule has 1 fully saturated rings. The summed E-state index contributed by atoms with van der Waals surface area (Å²) in [7, 11) is 0. The highest BCUT2D eigenvalue weighted by molar-refractivity contribution is 6.42. The van der Waals surface area contributed by atoms with Gasteiger partial charge in [-0.05, 0) is 42.7 Å². The summed E-state index contributed by atoms with van der Waals surface area (Å²) in [5, 5.41) is 18.5. The van der Waals surface area contributed by atoms with E-state index in [0.29, 0.717) is 40.1 Å². The summed E-state index contributed by atoms with van der Waals surface area (Å²) >= 11 is 12.4. The molecule has 30 heavy (non-hydrogen) atoms. The Balaban J connectivity index is 1.66. The Morgan fingerprint density at radius 3 is 2.77 bits per heavy atom. The van der Waals surface area contributed by atoms with Crippen LogP contribution in [0.1, 0.15) is 40.5 Å². The number of halogens is 2. The zero-order valence-corrected chi connectivity index (χ0v) is 17.5. The number of carbonyl (C=O) groups is 1. The van der Waals surface area contributed by atoms with Crippen LogP contribution in [0.25, 0.3) is 11.3 Å². The van der Waals surface area contributed by atoms with Crippen molar-refractivity contribution in [2.75, 3.05) is 13.2 Å². The number of amides is 1. The van der Waals surface area contributed by atoms with Crippen molar-refractivity contribution < 1.29 is 14.6 Å². The van der Waals surface area contributed by atoms with E-state index in [9.17, 15) is 9.90 Å². The van der Waals surface area contributed by atoms with E-state index in [1.54, 1.807) is 35.2 Å². The van der Waals surface area contributed by atoms with Crippen molar-refractivity contribution in [3.63, 3.8) is 0 Å². The second-order valence-corrected chi connectivity index (χ2v) is 8.36. The summed E-state index contributed by atoms with van der Waals surface area (Å²) in [5.74, 6) is -0.0459. The zero-order chi connectivity index (χ0) is 20.8. The number of phenols is 1. The predicted octanol–water partition coefficient (Wildman–Crippen LogP) is 4.81. The zero-order valence-electron chi connectivity index (χ0n) is 15.9. The number of ether oxygens (including phenoxy) is 1. The van der Waals surface area contributed by atoms with E-state index in [1.165, 1.54) is 0 Å². The number of hydrogen-bond donors (Lipinski definition) is 2. The maximum atomic E-state index is 13.3. The van der Waals surface area contributed by atoms with Crippen LogP contribution in [0, 0.1) is 0 Å². The van der Waals surface area contributed by atoms with Crippen molar-refractivity contribution in [3.05, 3.63) is 69.3 Å². The lowest BCUT2D eigenvalue weighted by molar-refractivity contribution is 0.0495. The maximum Gasteiger partial charge on any atom is 0.273 e. The minimum Gasteiger partial charge on any atom is -0.507 e. The van der Waals surface area contributed by atoms with Gasteiger partial charge in [0.05, 0.1) is 22.2 Å². The summed E-state index contributed by atoms with van der Waals surface area (Å²) in [5.41, 5.74) is 3.07. The van der Waals surface area contributed by atoms with Crippen LogP contribution in [0.5, 0.6) is 5.75 Å². The molecule has 0 spiro atoms. The number of para-hydroxylation sites is 1. The third kappa shape index (κ3) is 3.16. The van der Waals surface area contributed by atoms with Crippen LogP contribution >= 0.6 is 23.2 Å².